The zero-order chi connectivity index (χ0) is 16.9. The van der Waals surface area contributed by atoms with Crippen LogP contribution < -0.4 is 5.32 Å². The highest BCUT2D eigenvalue weighted by molar-refractivity contribution is 6.30. The maximum atomic E-state index is 12.3. The van der Waals surface area contributed by atoms with Crippen LogP contribution in [0.3, 0.4) is 0 Å². The number of rotatable bonds is 6. The minimum atomic E-state index is 0.109. The summed E-state index contributed by atoms with van der Waals surface area (Å²) >= 11 is 5.97. The Labute approximate surface area is 147 Å². The first-order valence-electron chi connectivity index (χ1n) is 8.64. The predicted molar refractivity (Wildman–Crippen MR) is 94.0 cm³/mol. The second-order valence-corrected chi connectivity index (χ2v) is 7.07. The van der Waals surface area contributed by atoms with Crippen molar-refractivity contribution >= 4 is 23.4 Å². The molecule has 130 valence electrons. The Kier molecular flexibility index (Phi) is 5.74. The van der Waals surface area contributed by atoms with Gasteiger partial charge >= 0.3 is 0 Å². The van der Waals surface area contributed by atoms with E-state index in [-0.39, 0.29) is 11.8 Å². The number of carbonyl (C=O) groups is 2. The van der Waals surface area contributed by atoms with Crippen molar-refractivity contribution < 1.29 is 9.59 Å². The van der Waals surface area contributed by atoms with E-state index in [2.05, 4.69) is 10.2 Å². The standard InChI is InChI=1S/C18H24ClN3O2/c19-15-3-1-2-14(12-15)4-7-18(24)22-10-8-21(9-11-22)13-17(23)20-16-5-6-16/h1-3,12,16H,4-11,13H2,(H,20,23). The van der Waals surface area contributed by atoms with Gasteiger partial charge in [-0.05, 0) is 37.0 Å². The van der Waals surface area contributed by atoms with Crippen LogP contribution in [0.15, 0.2) is 24.3 Å². The number of halogens is 1. The molecule has 1 aliphatic heterocycles. The van der Waals surface area contributed by atoms with Crippen molar-refractivity contribution in [1.29, 1.82) is 0 Å². The average Bonchev–Trinajstić information content (AvgIpc) is 3.37. The van der Waals surface area contributed by atoms with Gasteiger partial charge in [0.25, 0.3) is 0 Å². The van der Waals surface area contributed by atoms with E-state index in [1.807, 2.05) is 29.2 Å². The van der Waals surface area contributed by atoms with Gasteiger partial charge < -0.3 is 10.2 Å². The summed E-state index contributed by atoms with van der Waals surface area (Å²) in [7, 11) is 0. The van der Waals surface area contributed by atoms with Crippen LogP contribution in [0.2, 0.25) is 5.02 Å². The van der Waals surface area contributed by atoms with Gasteiger partial charge in [0.2, 0.25) is 11.8 Å². The van der Waals surface area contributed by atoms with Gasteiger partial charge in [0.1, 0.15) is 0 Å². The lowest BCUT2D eigenvalue weighted by molar-refractivity contribution is -0.133. The third kappa shape index (κ3) is 5.21. The zero-order valence-corrected chi connectivity index (χ0v) is 14.6. The molecule has 0 bridgehead atoms. The highest BCUT2D eigenvalue weighted by Crippen LogP contribution is 2.18. The summed E-state index contributed by atoms with van der Waals surface area (Å²) < 4.78 is 0. The van der Waals surface area contributed by atoms with Crippen LogP contribution in [0.5, 0.6) is 0 Å². The maximum Gasteiger partial charge on any atom is 0.234 e. The van der Waals surface area contributed by atoms with E-state index in [0.717, 1.165) is 31.5 Å². The largest absolute Gasteiger partial charge is 0.352 e. The molecule has 2 fully saturated rings. The molecule has 6 heteroatoms. The smallest absolute Gasteiger partial charge is 0.234 e. The lowest BCUT2D eigenvalue weighted by Crippen LogP contribution is -2.51. The molecule has 5 nitrogen and oxygen atoms in total. The van der Waals surface area contributed by atoms with Gasteiger partial charge in [-0.15, -0.1) is 0 Å². The second-order valence-electron chi connectivity index (χ2n) is 6.63. The van der Waals surface area contributed by atoms with Gasteiger partial charge in [0.15, 0.2) is 0 Å². The van der Waals surface area contributed by atoms with E-state index in [1.54, 1.807) is 0 Å². The lowest BCUT2D eigenvalue weighted by atomic mass is 10.1. The van der Waals surface area contributed by atoms with E-state index >= 15 is 0 Å². The molecule has 2 amide bonds. The third-order valence-corrected chi connectivity index (χ3v) is 4.79. The molecule has 0 spiro atoms. The van der Waals surface area contributed by atoms with Crippen molar-refractivity contribution in [2.75, 3.05) is 32.7 Å². The number of hydrogen-bond donors (Lipinski definition) is 1. The van der Waals surface area contributed by atoms with Crippen LogP contribution in [0, 0.1) is 0 Å². The molecule has 1 saturated heterocycles. The molecule has 24 heavy (non-hydrogen) atoms. The fraction of sp³-hybridized carbons (Fsp3) is 0.556. The van der Waals surface area contributed by atoms with E-state index in [9.17, 15) is 9.59 Å². The van der Waals surface area contributed by atoms with Crippen LogP contribution >= 0.6 is 11.6 Å². The maximum absolute atomic E-state index is 12.3. The highest BCUT2D eigenvalue weighted by Gasteiger charge is 2.26. The van der Waals surface area contributed by atoms with Crippen molar-refractivity contribution in [3.05, 3.63) is 34.9 Å². The minimum absolute atomic E-state index is 0.109. The lowest BCUT2D eigenvalue weighted by Gasteiger charge is -2.34. The van der Waals surface area contributed by atoms with Gasteiger partial charge in [-0.25, -0.2) is 0 Å². The zero-order valence-electron chi connectivity index (χ0n) is 13.8. The van der Waals surface area contributed by atoms with Crippen molar-refractivity contribution in [3.8, 4) is 0 Å². The molecule has 1 aliphatic carbocycles. The van der Waals surface area contributed by atoms with E-state index in [4.69, 9.17) is 11.6 Å². The first-order chi connectivity index (χ1) is 11.6. The molecule has 1 N–H and O–H groups in total. The molecule has 0 atom stereocenters. The monoisotopic (exact) mass is 349 g/mol. The SMILES string of the molecule is O=C(CN1CCN(C(=O)CCc2cccc(Cl)c2)CC1)NC1CC1. The van der Waals surface area contributed by atoms with Crippen molar-refractivity contribution in [2.24, 2.45) is 0 Å². The summed E-state index contributed by atoms with van der Waals surface area (Å²) in [5.41, 5.74) is 1.09. The van der Waals surface area contributed by atoms with Gasteiger partial charge in [0.05, 0.1) is 6.54 Å². The number of nitrogens with zero attached hydrogens (tertiary/aromatic N) is 2. The third-order valence-electron chi connectivity index (χ3n) is 4.55. The summed E-state index contributed by atoms with van der Waals surface area (Å²) in [4.78, 5) is 28.2. The number of benzene rings is 1. The first-order valence-corrected chi connectivity index (χ1v) is 9.02. The molecule has 1 aromatic carbocycles. The molecule has 1 heterocycles. The topological polar surface area (TPSA) is 52.7 Å². The highest BCUT2D eigenvalue weighted by atomic mass is 35.5. The molecule has 1 aromatic rings. The van der Waals surface area contributed by atoms with Crippen molar-refractivity contribution in [2.45, 2.75) is 31.7 Å². The fourth-order valence-corrected chi connectivity index (χ4v) is 3.17. The van der Waals surface area contributed by atoms with E-state index in [1.165, 1.54) is 0 Å². The normalized spacial score (nSPS) is 18.5. The van der Waals surface area contributed by atoms with Gasteiger partial charge in [-0.1, -0.05) is 23.7 Å². The molecule has 2 aliphatic rings. The number of amides is 2. The summed E-state index contributed by atoms with van der Waals surface area (Å²) in [5, 5.41) is 3.71. The summed E-state index contributed by atoms with van der Waals surface area (Å²) in [5.74, 6) is 0.287. The van der Waals surface area contributed by atoms with Crippen LogP contribution in [0.25, 0.3) is 0 Å². The van der Waals surface area contributed by atoms with Crippen LogP contribution in [-0.2, 0) is 16.0 Å². The Balaban J connectivity index is 1.37. The Morgan fingerprint density at radius 3 is 2.58 bits per heavy atom. The number of nitrogens with one attached hydrogen (secondary N) is 1. The van der Waals surface area contributed by atoms with E-state index in [0.29, 0.717) is 43.5 Å². The second kappa shape index (κ2) is 7.99. The molecule has 0 unspecified atom stereocenters. The summed E-state index contributed by atoms with van der Waals surface area (Å²) in [6.45, 7) is 3.37. The van der Waals surface area contributed by atoms with Gasteiger partial charge in [-0.3, -0.25) is 14.5 Å². The van der Waals surface area contributed by atoms with E-state index < -0.39 is 0 Å². The fourth-order valence-electron chi connectivity index (χ4n) is 2.96. The van der Waals surface area contributed by atoms with Crippen LogP contribution in [0.4, 0.5) is 0 Å². The number of piperazine rings is 1. The quantitative estimate of drug-likeness (QED) is 0.850. The number of hydrogen-bond acceptors (Lipinski definition) is 3. The summed E-state index contributed by atoms with van der Waals surface area (Å²) in [6.07, 6.45) is 3.44. The van der Waals surface area contributed by atoms with Crippen LogP contribution in [-0.4, -0.2) is 60.4 Å². The Bertz CT molecular complexity index is 596. The predicted octanol–water partition coefficient (Wildman–Crippen LogP) is 1.70. The number of aryl methyl sites for hydroxylation is 1. The molecule has 3 rings (SSSR count). The van der Waals surface area contributed by atoms with Crippen molar-refractivity contribution in [3.63, 3.8) is 0 Å². The van der Waals surface area contributed by atoms with Gasteiger partial charge in [0, 0.05) is 43.7 Å². The summed E-state index contributed by atoms with van der Waals surface area (Å²) in [6, 6.07) is 8.06. The Morgan fingerprint density at radius 2 is 1.92 bits per heavy atom. The first kappa shape index (κ1) is 17.2. The van der Waals surface area contributed by atoms with Gasteiger partial charge in [-0.2, -0.15) is 0 Å². The van der Waals surface area contributed by atoms with Crippen LogP contribution in [0.1, 0.15) is 24.8 Å². The molecular formula is C18H24ClN3O2. The molecule has 1 saturated carbocycles. The average molecular weight is 350 g/mol. The number of carbonyl (C=O) groups excluding carboxylic acids is 2. The van der Waals surface area contributed by atoms with Crippen molar-refractivity contribution in [1.82, 2.24) is 15.1 Å². The molecular weight excluding hydrogens is 326 g/mol. The Hall–Kier alpha value is -1.59. The molecule has 0 radical (unpaired) electrons. The minimum Gasteiger partial charge on any atom is -0.352 e. The Morgan fingerprint density at radius 1 is 1.17 bits per heavy atom. The molecule has 0 aromatic heterocycles.